The third kappa shape index (κ3) is 7.31. The second-order valence-electron chi connectivity index (χ2n) is 5.14. The predicted molar refractivity (Wildman–Crippen MR) is 86.5 cm³/mol. The third-order valence-corrected chi connectivity index (χ3v) is 3.42. The van der Waals surface area contributed by atoms with E-state index in [9.17, 15) is 10.1 Å². The van der Waals surface area contributed by atoms with Crippen molar-refractivity contribution in [3.63, 3.8) is 0 Å². The van der Waals surface area contributed by atoms with Crippen LogP contribution in [-0.2, 0) is 19.0 Å². The van der Waals surface area contributed by atoms with Crippen LogP contribution in [0.15, 0.2) is 22.9 Å². The number of carbonyl (C=O) groups is 1. The van der Waals surface area contributed by atoms with Crippen LogP contribution in [0.25, 0.3) is 0 Å². The highest BCUT2D eigenvalue weighted by atomic mass is 16.6. The van der Waals surface area contributed by atoms with E-state index in [1.807, 2.05) is 19.1 Å². The molecule has 0 saturated heterocycles. The topological polar surface area (TPSA) is 80.6 Å². The van der Waals surface area contributed by atoms with E-state index >= 15 is 0 Å². The van der Waals surface area contributed by atoms with Crippen LogP contribution in [0, 0.1) is 11.3 Å². The molecule has 0 fully saturated rings. The highest BCUT2D eigenvalue weighted by molar-refractivity contribution is 5.94. The summed E-state index contributed by atoms with van der Waals surface area (Å²) in [4.78, 5) is 12.0. The number of hydrogen-bond donors (Lipinski definition) is 1. The van der Waals surface area contributed by atoms with Crippen molar-refractivity contribution in [2.75, 3.05) is 40.1 Å². The van der Waals surface area contributed by atoms with E-state index in [1.165, 1.54) is 0 Å². The molecule has 0 heterocycles. The van der Waals surface area contributed by atoms with Gasteiger partial charge in [-0.25, -0.2) is 4.79 Å². The monoisotopic (exact) mass is 322 g/mol. The average molecular weight is 322 g/mol. The van der Waals surface area contributed by atoms with Crippen LogP contribution in [0.2, 0.25) is 0 Å². The molecule has 0 aromatic rings. The average Bonchev–Trinajstić information content (AvgIpc) is 2.57. The van der Waals surface area contributed by atoms with E-state index in [4.69, 9.17) is 14.2 Å². The summed E-state index contributed by atoms with van der Waals surface area (Å²) >= 11 is 0. The molecule has 0 bridgehead atoms. The largest absolute Gasteiger partial charge is 0.459 e. The molecule has 6 nitrogen and oxygen atoms in total. The fourth-order valence-corrected chi connectivity index (χ4v) is 2.28. The molecule has 0 aromatic carbocycles. The van der Waals surface area contributed by atoms with Crippen molar-refractivity contribution in [3.8, 4) is 6.07 Å². The first-order chi connectivity index (χ1) is 11.2. The third-order valence-electron chi connectivity index (χ3n) is 3.42. The lowest BCUT2D eigenvalue weighted by Gasteiger charge is -2.18. The number of carbonyl (C=O) groups excluding carboxylic acids is 1. The van der Waals surface area contributed by atoms with Crippen LogP contribution in [0.4, 0.5) is 0 Å². The minimum absolute atomic E-state index is 0.0948. The minimum atomic E-state index is -0.570. The molecule has 0 spiro atoms. The number of nitriles is 1. The van der Waals surface area contributed by atoms with Crippen molar-refractivity contribution >= 4 is 5.97 Å². The number of ether oxygens (including phenoxy) is 3. The van der Waals surface area contributed by atoms with Crippen LogP contribution in [-0.4, -0.2) is 46.1 Å². The first-order valence-electron chi connectivity index (χ1n) is 8.04. The van der Waals surface area contributed by atoms with Gasteiger partial charge in [-0.3, -0.25) is 0 Å². The molecule has 23 heavy (non-hydrogen) atoms. The molecule has 1 aliphatic carbocycles. The number of methoxy groups -OCH3 is 1. The summed E-state index contributed by atoms with van der Waals surface area (Å²) in [6.45, 7) is 4.48. The molecule has 1 aliphatic rings. The van der Waals surface area contributed by atoms with Crippen molar-refractivity contribution < 1.29 is 19.0 Å². The molecule has 0 amide bonds. The molecule has 0 radical (unpaired) electrons. The molecular weight excluding hydrogens is 296 g/mol. The summed E-state index contributed by atoms with van der Waals surface area (Å²) in [6, 6.07) is 1.98. The van der Waals surface area contributed by atoms with Crippen LogP contribution < -0.4 is 5.32 Å². The summed E-state index contributed by atoms with van der Waals surface area (Å²) in [5.74, 6) is -0.570. The number of esters is 1. The van der Waals surface area contributed by atoms with E-state index < -0.39 is 5.97 Å². The van der Waals surface area contributed by atoms with Gasteiger partial charge in [0.2, 0.25) is 0 Å². The zero-order valence-electron chi connectivity index (χ0n) is 14.0. The SMILES string of the molecule is CCOCCOC(=O)C(C#N)=C1C=C(NCCCOC)CCC1. The van der Waals surface area contributed by atoms with Gasteiger partial charge in [-0.2, -0.15) is 5.26 Å². The molecule has 0 atom stereocenters. The smallest absolute Gasteiger partial charge is 0.349 e. The molecule has 0 aliphatic heterocycles. The van der Waals surface area contributed by atoms with Gasteiger partial charge >= 0.3 is 5.97 Å². The molecule has 1 N–H and O–H groups in total. The van der Waals surface area contributed by atoms with Crippen LogP contribution in [0.1, 0.15) is 32.6 Å². The second kappa shape index (κ2) is 11.7. The molecule has 0 saturated carbocycles. The number of nitrogens with zero attached hydrogens (tertiary/aromatic N) is 1. The second-order valence-corrected chi connectivity index (χ2v) is 5.14. The van der Waals surface area contributed by atoms with Crippen molar-refractivity contribution in [1.29, 1.82) is 5.26 Å². The summed E-state index contributed by atoms with van der Waals surface area (Å²) in [5.41, 5.74) is 1.89. The van der Waals surface area contributed by atoms with Gasteiger partial charge in [-0.05, 0) is 44.3 Å². The zero-order chi connectivity index (χ0) is 16.9. The van der Waals surface area contributed by atoms with Crippen LogP contribution in [0.5, 0.6) is 0 Å². The fourth-order valence-electron chi connectivity index (χ4n) is 2.28. The maximum atomic E-state index is 12.0. The first kappa shape index (κ1) is 19.2. The van der Waals surface area contributed by atoms with Gasteiger partial charge in [0.1, 0.15) is 18.2 Å². The van der Waals surface area contributed by atoms with Crippen molar-refractivity contribution in [2.45, 2.75) is 32.6 Å². The van der Waals surface area contributed by atoms with E-state index in [0.29, 0.717) is 26.2 Å². The summed E-state index contributed by atoms with van der Waals surface area (Å²) in [6.07, 6.45) is 5.37. The van der Waals surface area contributed by atoms with Gasteiger partial charge in [-0.15, -0.1) is 0 Å². The Morgan fingerprint density at radius 3 is 2.87 bits per heavy atom. The van der Waals surface area contributed by atoms with Crippen molar-refractivity contribution in [1.82, 2.24) is 5.32 Å². The lowest BCUT2D eigenvalue weighted by Crippen LogP contribution is -2.19. The quantitative estimate of drug-likeness (QED) is 0.287. The predicted octanol–water partition coefficient (Wildman–Crippen LogP) is 2.08. The maximum absolute atomic E-state index is 12.0. The molecule has 1 rings (SSSR count). The molecule has 0 aromatic heterocycles. The summed E-state index contributed by atoms with van der Waals surface area (Å²) < 4.78 is 15.2. The van der Waals surface area contributed by atoms with Gasteiger partial charge in [0.05, 0.1) is 6.61 Å². The summed E-state index contributed by atoms with van der Waals surface area (Å²) in [7, 11) is 1.68. The molecular formula is C17H26N2O4. The van der Waals surface area contributed by atoms with E-state index in [-0.39, 0.29) is 12.2 Å². The Kier molecular flexibility index (Phi) is 9.76. The van der Waals surface area contributed by atoms with E-state index in [1.54, 1.807) is 7.11 Å². The maximum Gasteiger partial charge on any atom is 0.349 e. The molecule has 128 valence electrons. The lowest BCUT2D eigenvalue weighted by atomic mass is 9.95. The molecule has 6 heteroatoms. The van der Waals surface area contributed by atoms with Gasteiger partial charge < -0.3 is 19.5 Å². The van der Waals surface area contributed by atoms with Crippen molar-refractivity contribution in [2.24, 2.45) is 0 Å². The van der Waals surface area contributed by atoms with Gasteiger partial charge in [0.15, 0.2) is 0 Å². The Hall–Kier alpha value is -1.84. The Bertz CT molecular complexity index is 477. The van der Waals surface area contributed by atoms with E-state index in [2.05, 4.69) is 5.32 Å². The Balaban J connectivity index is 2.63. The van der Waals surface area contributed by atoms with Gasteiger partial charge in [0.25, 0.3) is 0 Å². The van der Waals surface area contributed by atoms with Gasteiger partial charge in [-0.1, -0.05) is 0 Å². The standard InChI is InChI=1S/C17H26N2O4/c1-3-22-10-11-23-17(20)16(13-18)14-6-4-7-15(12-14)19-8-5-9-21-2/h12,19H,3-11H2,1-2H3. The highest BCUT2D eigenvalue weighted by Crippen LogP contribution is 2.24. The Morgan fingerprint density at radius 2 is 2.17 bits per heavy atom. The zero-order valence-corrected chi connectivity index (χ0v) is 14.0. The summed E-state index contributed by atoms with van der Waals surface area (Å²) in [5, 5.41) is 12.6. The minimum Gasteiger partial charge on any atom is -0.459 e. The first-order valence-corrected chi connectivity index (χ1v) is 8.04. The van der Waals surface area contributed by atoms with Crippen molar-refractivity contribution in [3.05, 3.63) is 22.9 Å². The van der Waals surface area contributed by atoms with E-state index in [0.717, 1.165) is 37.1 Å². The Labute approximate surface area is 138 Å². The number of hydrogen-bond acceptors (Lipinski definition) is 6. The lowest BCUT2D eigenvalue weighted by molar-refractivity contribution is -0.140. The van der Waals surface area contributed by atoms with Crippen LogP contribution >= 0.6 is 0 Å². The Morgan fingerprint density at radius 1 is 1.35 bits per heavy atom. The van der Waals surface area contributed by atoms with Gasteiger partial charge in [0, 0.05) is 32.6 Å². The fraction of sp³-hybridized carbons (Fsp3) is 0.647. The van der Waals surface area contributed by atoms with Crippen LogP contribution in [0.3, 0.4) is 0 Å². The number of rotatable bonds is 10. The normalized spacial score (nSPS) is 16.3. The molecule has 0 unspecified atom stereocenters. The number of allylic oxidation sites excluding steroid dienone is 3. The number of nitrogens with one attached hydrogen (secondary N) is 1. The highest BCUT2D eigenvalue weighted by Gasteiger charge is 2.18.